The van der Waals surface area contributed by atoms with Crippen LogP contribution in [0.1, 0.15) is 15.9 Å². The molecule has 1 amide bonds. The molecule has 33 heavy (non-hydrogen) atoms. The van der Waals surface area contributed by atoms with Crippen molar-refractivity contribution in [3.05, 3.63) is 93.0 Å². The number of amidine groups is 1. The summed E-state index contributed by atoms with van der Waals surface area (Å²) in [6, 6.07) is 16.0. The van der Waals surface area contributed by atoms with Crippen LogP contribution in [0.4, 0.5) is 11.4 Å². The number of nitrogens with one attached hydrogen (secondary N) is 1. The van der Waals surface area contributed by atoms with Gasteiger partial charge in [-0.2, -0.15) is 0 Å². The number of hydrogen-bond donors (Lipinski definition) is 2. The predicted molar refractivity (Wildman–Crippen MR) is 126 cm³/mol. The first kappa shape index (κ1) is 22.2. The van der Waals surface area contributed by atoms with Gasteiger partial charge in [0.15, 0.2) is 5.17 Å². The molecule has 0 aliphatic carbocycles. The van der Waals surface area contributed by atoms with Crippen LogP contribution in [0.25, 0.3) is 6.08 Å². The Kier molecular flexibility index (Phi) is 6.52. The average molecular weight is 479 g/mol. The molecule has 4 rings (SSSR count). The molecule has 9 nitrogen and oxygen atoms in total. The maximum Gasteiger partial charge on any atom is 0.335 e. The van der Waals surface area contributed by atoms with E-state index in [0.717, 1.165) is 11.8 Å². The van der Waals surface area contributed by atoms with Gasteiger partial charge in [0.05, 0.1) is 26.0 Å². The van der Waals surface area contributed by atoms with Crippen molar-refractivity contribution in [2.24, 2.45) is 4.99 Å². The number of thioether (sulfide) groups is 1. The number of carboxylic acids is 1. The van der Waals surface area contributed by atoms with Crippen molar-refractivity contribution in [2.45, 2.75) is 9.92 Å². The van der Waals surface area contributed by atoms with Gasteiger partial charge in [-0.1, -0.05) is 23.9 Å². The van der Waals surface area contributed by atoms with Gasteiger partial charge in [0, 0.05) is 12.3 Å². The van der Waals surface area contributed by atoms with Crippen molar-refractivity contribution >= 4 is 58.0 Å². The second-order valence-electron chi connectivity index (χ2n) is 6.59. The molecule has 0 radical (unpaired) electrons. The third-order valence-corrected chi connectivity index (χ3v) is 6.25. The summed E-state index contributed by atoms with van der Waals surface area (Å²) in [6.07, 6.45) is 3.17. The second kappa shape index (κ2) is 9.67. The Balaban J connectivity index is 1.55. The first-order valence-electron chi connectivity index (χ1n) is 9.39. The summed E-state index contributed by atoms with van der Waals surface area (Å²) in [7, 11) is 0. The third-order valence-electron chi connectivity index (χ3n) is 4.33. The van der Waals surface area contributed by atoms with Gasteiger partial charge in [-0.3, -0.25) is 14.9 Å². The summed E-state index contributed by atoms with van der Waals surface area (Å²) >= 11 is 2.27. The Bertz CT molecular complexity index is 1310. The molecule has 0 bridgehead atoms. The molecule has 1 saturated heterocycles. The van der Waals surface area contributed by atoms with Crippen molar-refractivity contribution in [2.75, 3.05) is 0 Å². The number of rotatable bonds is 6. The van der Waals surface area contributed by atoms with Gasteiger partial charge in [0.2, 0.25) is 0 Å². The third kappa shape index (κ3) is 5.45. The van der Waals surface area contributed by atoms with Gasteiger partial charge in [-0.15, -0.1) is 0 Å². The van der Waals surface area contributed by atoms with Crippen LogP contribution < -0.4 is 5.32 Å². The number of pyridine rings is 1. The number of carboxylic acid groups (broad SMARTS) is 1. The van der Waals surface area contributed by atoms with Crippen LogP contribution in [-0.2, 0) is 4.79 Å². The minimum Gasteiger partial charge on any atom is -0.478 e. The second-order valence-corrected chi connectivity index (χ2v) is 8.68. The molecule has 0 saturated carbocycles. The summed E-state index contributed by atoms with van der Waals surface area (Å²) in [6.45, 7) is 0. The summed E-state index contributed by atoms with van der Waals surface area (Å²) in [4.78, 5) is 43.7. The normalized spacial score (nSPS) is 15.6. The fraction of sp³-hybridized carbons (Fsp3) is 0. The highest BCUT2D eigenvalue weighted by Gasteiger charge is 2.24. The van der Waals surface area contributed by atoms with Gasteiger partial charge in [0.25, 0.3) is 11.6 Å². The lowest BCUT2D eigenvalue weighted by Gasteiger charge is -2.04. The van der Waals surface area contributed by atoms with E-state index in [2.05, 4.69) is 15.3 Å². The molecular formula is C22H14N4O5S2. The largest absolute Gasteiger partial charge is 0.478 e. The van der Waals surface area contributed by atoms with Crippen LogP contribution in [0.2, 0.25) is 0 Å². The van der Waals surface area contributed by atoms with Crippen molar-refractivity contribution in [3.8, 4) is 0 Å². The lowest BCUT2D eigenvalue weighted by molar-refractivity contribution is -0.387. The highest BCUT2D eigenvalue weighted by molar-refractivity contribution is 8.18. The molecule has 1 fully saturated rings. The number of nitrogens with zero attached hydrogens (tertiary/aromatic N) is 3. The average Bonchev–Trinajstić information content (AvgIpc) is 3.14. The first-order chi connectivity index (χ1) is 15.9. The predicted octanol–water partition coefficient (Wildman–Crippen LogP) is 4.73. The van der Waals surface area contributed by atoms with Gasteiger partial charge in [-0.25, -0.2) is 14.8 Å². The minimum absolute atomic E-state index is 0.0872. The van der Waals surface area contributed by atoms with Crippen LogP contribution in [0, 0.1) is 10.1 Å². The van der Waals surface area contributed by atoms with E-state index >= 15 is 0 Å². The molecule has 164 valence electrons. The Morgan fingerprint density at radius 3 is 2.64 bits per heavy atom. The Labute approximate surface area is 195 Å². The lowest BCUT2D eigenvalue weighted by Crippen LogP contribution is -2.19. The summed E-state index contributed by atoms with van der Waals surface area (Å²) < 4.78 is 0. The molecule has 2 N–H and O–H groups in total. The molecule has 2 aromatic carbocycles. The lowest BCUT2D eigenvalue weighted by atomic mass is 10.2. The number of aliphatic imine (C=N–C) groups is 1. The zero-order chi connectivity index (χ0) is 23.4. The molecule has 2 heterocycles. The fourth-order valence-electron chi connectivity index (χ4n) is 2.80. The van der Waals surface area contributed by atoms with E-state index in [1.165, 1.54) is 42.1 Å². The molecule has 0 unspecified atom stereocenters. The van der Waals surface area contributed by atoms with E-state index in [1.807, 2.05) is 0 Å². The number of amides is 1. The number of hydrogen-bond acceptors (Lipinski definition) is 8. The first-order valence-corrected chi connectivity index (χ1v) is 11.0. The van der Waals surface area contributed by atoms with E-state index in [1.54, 1.807) is 42.6 Å². The van der Waals surface area contributed by atoms with Crippen LogP contribution in [-0.4, -0.2) is 32.1 Å². The van der Waals surface area contributed by atoms with Crippen LogP contribution in [0.3, 0.4) is 0 Å². The minimum atomic E-state index is -1.04. The monoisotopic (exact) mass is 478 g/mol. The number of aromatic nitrogens is 1. The molecule has 1 aromatic heterocycles. The fourth-order valence-corrected chi connectivity index (χ4v) is 4.50. The van der Waals surface area contributed by atoms with Crippen molar-refractivity contribution < 1.29 is 19.6 Å². The molecular weight excluding hydrogens is 464 g/mol. The maximum absolute atomic E-state index is 12.3. The van der Waals surface area contributed by atoms with Crippen LogP contribution in [0.15, 0.2) is 86.7 Å². The van der Waals surface area contributed by atoms with E-state index in [-0.39, 0.29) is 17.2 Å². The number of benzene rings is 2. The Morgan fingerprint density at radius 1 is 1.18 bits per heavy atom. The number of carbonyl (C=O) groups excluding carboxylic acids is 1. The highest BCUT2D eigenvalue weighted by atomic mass is 32.2. The Hall–Kier alpha value is -3.96. The van der Waals surface area contributed by atoms with Gasteiger partial charge in [0.1, 0.15) is 5.03 Å². The number of nitro benzene ring substituents is 1. The number of nitro groups is 1. The molecule has 0 spiro atoms. The zero-order valence-corrected chi connectivity index (χ0v) is 18.3. The van der Waals surface area contributed by atoms with E-state index < -0.39 is 10.9 Å². The molecule has 1 aliphatic heterocycles. The van der Waals surface area contributed by atoms with Gasteiger partial charge < -0.3 is 10.4 Å². The smallest absolute Gasteiger partial charge is 0.335 e. The van der Waals surface area contributed by atoms with Crippen LogP contribution in [0.5, 0.6) is 0 Å². The molecule has 3 aromatic rings. The van der Waals surface area contributed by atoms with E-state index in [0.29, 0.717) is 31.2 Å². The van der Waals surface area contributed by atoms with E-state index in [9.17, 15) is 19.7 Å². The highest BCUT2D eigenvalue weighted by Crippen LogP contribution is 2.35. The van der Waals surface area contributed by atoms with E-state index in [4.69, 9.17) is 5.11 Å². The van der Waals surface area contributed by atoms with Crippen LogP contribution >= 0.6 is 23.5 Å². The number of carbonyl (C=O) groups is 2. The molecule has 1 aliphatic rings. The topological polar surface area (TPSA) is 135 Å². The SMILES string of the molecule is O=C1NC(=Nc2ccc(C(=O)O)cc2)S/C1=C\c1ccc(Sc2ccccn2)c([N+](=O)[O-])c1. The summed E-state index contributed by atoms with van der Waals surface area (Å²) in [5.74, 6) is -1.42. The molecule has 0 atom stereocenters. The standard InChI is InChI=1S/C22H14N4O5S2/c27-20-18(33-22(25-20)24-15-7-5-14(6-8-15)21(28)29)12-13-4-9-17(16(11-13)26(30)31)32-19-3-1-2-10-23-19/h1-12H,(H,28,29)(H,24,25,27)/b18-12-. The zero-order valence-electron chi connectivity index (χ0n) is 16.7. The Morgan fingerprint density at radius 2 is 1.97 bits per heavy atom. The van der Waals surface area contributed by atoms with Crippen molar-refractivity contribution in [1.29, 1.82) is 0 Å². The quantitative estimate of drug-likeness (QED) is 0.295. The van der Waals surface area contributed by atoms with Gasteiger partial charge >= 0.3 is 5.97 Å². The summed E-state index contributed by atoms with van der Waals surface area (Å²) in [5, 5.41) is 24.2. The van der Waals surface area contributed by atoms with Crippen molar-refractivity contribution in [3.63, 3.8) is 0 Å². The number of aromatic carboxylic acids is 1. The maximum atomic E-state index is 12.3. The summed E-state index contributed by atoms with van der Waals surface area (Å²) in [5.41, 5.74) is 1.03. The van der Waals surface area contributed by atoms with Gasteiger partial charge in [-0.05, 0) is 65.9 Å². The van der Waals surface area contributed by atoms with Crippen molar-refractivity contribution in [1.82, 2.24) is 10.3 Å². The molecule has 11 heteroatoms.